The van der Waals surface area contributed by atoms with Crippen LogP contribution in [0.5, 0.6) is 0 Å². The molecule has 0 bridgehead atoms. The average molecular weight is 394 g/mol. The molecule has 0 aliphatic carbocycles. The molecular weight excluding hydrogens is 374 g/mol. The summed E-state index contributed by atoms with van der Waals surface area (Å²) in [5, 5.41) is 4.24. The molecule has 2 amide bonds. The van der Waals surface area contributed by atoms with E-state index in [1.807, 2.05) is 19.1 Å². The number of nitrogens with one attached hydrogen (secondary N) is 2. The van der Waals surface area contributed by atoms with Crippen molar-refractivity contribution in [3.05, 3.63) is 29.8 Å². The van der Waals surface area contributed by atoms with E-state index in [-0.39, 0.29) is 25.2 Å². The van der Waals surface area contributed by atoms with Crippen molar-refractivity contribution >= 4 is 32.7 Å². The van der Waals surface area contributed by atoms with Gasteiger partial charge in [-0.15, -0.1) is 0 Å². The fourth-order valence-corrected chi connectivity index (χ4v) is 4.04. The molecule has 0 aliphatic rings. The summed E-state index contributed by atoms with van der Waals surface area (Å²) in [6, 6.07) is 7.05. The lowest BCUT2D eigenvalue weighted by atomic mass is 10.2. The van der Waals surface area contributed by atoms with Gasteiger partial charge in [-0.05, 0) is 25.5 Å². The monoisotopic (exact) mass is 394 g/mol. The molecule has 1 aromatic rings. The van der Waals surface area contributed by atoms with E-state index in [0.717, 1.165) is 5.56 Å². The van der Waals surface area contributed by atoms with Crippen LogP contribution in [0.2, 0.25) is 0 Å². The number of hydrogen-bond acceptors (Lipinski definition) is 4. The molecule has 25 heavy (non-hydrogen) atoms. The Bertz CT molecular complexity index is 687. The Kier molecular flexibility index (Phi) is 7.49. The van der Waals surface area contributed by atoms with Crippen molar-refractivity contribution < 1.29 is 38.3 Å². The van der Waals surface area contributed by atoms with E-state index in [0.29, 0.717) is 5.69 Å². The summed E-state index contributed by atoms with van der Waals surface area (Å²) in [7, 11) is -10.5. The quantitative estimate of drug-likeness (QED) is 0.352. The number of anilines is 1. The minimum atomic E-state index is -5.23. The Balaban J connectivity index is 2.45. The number of rotatable bonds is 8. The molecule has 140 valence electrons. The van der Waals surface area contributed by atoms with Gasteiger partial charge < -0.3 is 30.2 Å². The van der Waals surface area contributed by atoms with Crippen molar-refractivity contribution in [1.29, 1.82) is 0 Å². The molecule has 0 fully saturated rings. The summed E-state index contributed by atoms with van der Waals surface area (Å²) >= 11 is 0. The first kappa shape index (κ1) is 21.5. The minimum absolute atomic E-state index is 0.0402. The molecule has 0 aliphatic heterocycles. The van der Waals surface area contributed by atoms with Gasteiger partial charge in [0, 0.05) is 18.5 Å². The minimum Gasteiger partial charge on any atom is -0.332 e. The molecule has 10 nitrogen and oxygen atoms in total. The van der Waals surface area contributed by atoms with Crippen LogP contribution in [0.1, 0.15) is 24.8 Å². The highest BCUT2D eigenvalue weighted by molar-refractivity contribution is 7.70. The SMILES string of the molecule is Cc1ccc(NC(=O)CCCC(=O)NC(P(=O)(O)O)P(=O)(O)O)cc1. The first-order chi connectivity index (χ1) is 11.4. The van der Waals surface area contributed by atoms with E-state index >= 15 is 0 Å². The molecule has 6 N–H and O–H groups in total. The lowest BCUT2D eigenvalue weighted by molar-refractivity contribution is -0.121. The highest BCUT2D eigenvalue weighted by Gasteiger charge is 2.44. The smallest absolute Gasteiger partial charge is 0.332 e. The summed E-state index contributed by atoms with van der Waals surface area (Å²) in [5.74, 6) is -1.34. The first-order valence-electron chi connectivity index (χ1n) is 7.16. The molecular formula is C13H20N2O8P2. The zero-order valence-electron chi connectivity index (χ0n) is 13.3. The zero-order valence-corrected chi connectivity index (χ0v) is 15.1. The molecule has 0 unspecified atom stereocenters. The van der Waals surface area contributed by atoms with Crippen molar-refractivity contribution in [3.63, 3.8) is 0 Å². The van der Waals surface area contributed by atoms with Crippen LogP contribution in [-0.2, 0) is 18.7 Å². The van der Waals surface area contributed by atoms with Gasteiger partial charge in [0.25, 0.3) is 0 Å². The van der Waals surface area contributed by atoms with E-state index in [1.165, 1.54) is 0 Å². The van der Waals surface area contributed by atoms with Gasteiger partial charge in [0.2, 0.25) is 17.3 Å². The molecule has 0 saturated carbocycles. The second kappa shape index (κ2) is 8.71. The maximum atomic E-state index is 11.7. The maximum Gasteiger partial charge on any atom is 0.360 e. The Morgan fingerprint density at radius 3 is 1.92 bits per heavy atom. The number of benzene rings is 1. The standard InChI is InChI=1S/C13H20N2O8P2/c1-9-5-7-10(8-6-9)14-11(16)3-2-4-12(17)15-13(24(18,19)20)25(21,22)23/h5-8,13H,2-4H2,1H3,(H,14,16)(H,15,17)(H2,18,19,20)(H2,21,22,23). The van der Waals surface area contributed by atoms with Gasteiger partial charge in [-0.25, -0.2) is 0 Å². The van der Waals surface area contributed by atoms with Crippen LogP contribution in [0.15, 0.2) is 24.3 Å². The van der Waals surface area contributed by atoms with Gasteiger partial charge in [0.05, 0.1) is 0 Å². The largest absolute Gasteiger partial charge is 0.360 e. The molecule has 0 spiro atoms. The average Bonchev–Trinajstić information content (AvgIpc) is 2.45. The van der Waals surface area contributed by atoms with E-state index in [4.69, 9.17) is 19.6 Å². The van der Waals surface area contributed by atoms with E-state index in [1.54, 1.807) is 17.4 Å². The Labute approximate surface area is 144 Å². The number of carbonyl (C=O) groups is 2. The highest BCUT2D eigenvalue weighted by Crippen LogP contribution is 2.58. The number of amides is 2. The topological polar surface area (TPSA) is 173 Å². The van der Waals surface area contributed by atoms with Crippen molar-refractivity contribution in [2.24, 2.45) is 0 Å². The van der Waals surface area contributed by atoms with Crippen LogP contribution in [-0.4, -0.2) is 36.9 Å². The molecule has 0 radical (unpaired) electrons. The van der Waals surface area contributed by atoms with Crippen LogP contribution in [0.25, 0.3) is 0 Å². The van der Waals surface area contributed by atoms with Crippen LogP contribution < -0.4 is 10.6 Å². The summed E-state index contributed by atoms with van der Waals surface area (Å²) in [6.45, 7) is 1.90. The van der Waals surface area contributed by atoms with Crippen molar-refractivity contribution in [2.75, 3.05) is 5.32 Å². The third-order valence-electron chi connectivity index (χ3n) is 3.07. The number of carbonyl (C=O) groups excluding carboxylic acids is 2. The first-order valence-corrected chi connectivity index (χ1v) is 10.5. The highest BCUT2D eigenvalue weighted by atomic mass is 31.2. The summed E-state index contributed by atoms with van der Waals surface area (Å²) in [6.07, 6.45) is -0.325. The van der Waals surface area contributed by atoms with Gasteiger partial charge in [-0.1, -0.05) is 17.7 Å². The fraction of sp³-hybridized carbons (Fsp3) is 0.385. The Hall–Kier alpha value is -1.54. The molecule has 0 heterocycles. The number of aryl methyl sites for hydroxylation is 1. The second-order valence-corrected chi connectivity index (χ2v) is 9.18. The lowest BCUT2D eigenvalue weighted by Gasteiger charge is -2.20. The molecule has 1 aromatic carbocycles. The van der Waals surface area contributed by atoms with Crippen molar-refractivity contribution in [1.82, 2.24) is 5.32 Å². The summed E-state index contributed by atoms with van der Waals surface area (Å²) in [5.41, 5.74) is -0.976. The molecule has 0 saturated heterocycles. The summed E-state index contributed by atoms with van der Waals surface area (Å²) < 4.78 is 22.1. The number of hydrogen-bond donors (Lipinski definition) is 6. The van der Waals surface area contributed by atoms with Gasteiger partial charge in [0.15, 0.2) is 0 Å². The second-order valence-electron chi connectivity index (χ2n) is 5.39. The van der Waals surface area contributed by atoms with Crippen LogP contribution >= 0.6 is 15.2 Å². The van der Waals surface area contributed by atoms with Gasteiger partial charge >= 0.3 is 15.2 Å². The lowest BCUT2D eigenvalue weighted by Crippen LogP contribution is -2.34. The summed E-state index contributed by atoms with van der Waals surface area (Å²) in [4.78, 5) is 58.9. The van der Waals surface area contributed by atoms with E-state index < -0.39 is 26.6 Å². The maximum absolute atomic E-state index is 11.7. The Morgan fingerprint density at radius 2 is 1.44 bits per heavy atom. The van der Waals surface area contributed by atoms with Crippen LogP contribution in [0, 0.1) is 6.92 Å². The van der Waals surface area contributed by atoms with Crippen LogP contribution in [0.4, 0.5) is 5.69 Å². The van der Waals surface area contributed by atoms with Gasteiger partial charge in [-0.2, -0.15) is 0 Å². The predicted molar refractivity (Wildman–Crippen MR) is 89.7 cm³/mol. The molecule has 1 rings (SSSR count). The van der Waals surface area contributed by atoms with E-state index in [2.05, 4.69) is 5.32 Å². The molecule has 0 atom stereocenters. The molecule has 0 aromatic heterocycles. The van der Waals surface area contributed by atoms with Crippen molar-refractivity contribution in [2.45, 2.75) is 31.7 Å². The third kappa shape index (κ3) is 7.92. The van der Waals surface area contributed by atoms with E-state index in [9.17, 15) is 18.7 Å². The molecule has 12 heteroatoms. The van der Waals surface area contributed by atoms with Crippen LogP contribution in [0.3, 0.4) is 0 Å². The van der Waals surface area contributed by atoms with Crippen molar-refractivity contribution in [3.8, 4) is 0 Å². The fourth-order valence-electron chi connectivity index (χ4n) is 1.85. The third-order valence-corrected chi connectivity index (χ3v) is 6.41. The predicted octanol–water partition coefficient (Wildman–Crippen LogP) is 0.859. The normalized spacial score (nSPS) is 12.1. The zero-order chi connectivity index (χ0) is 19.3. The van der Waals surface area contributed by atoms with Gasteiger partial charge in [0.1, 0.15) is 0 Å². The Morgan fingerprint density at radius 1 is 0.960 bits per heavy atom. The van der Waals surface area contributed by atoms with Gasteiger partial charge in [-0.3, -0.25) is 18.7 Å².